The van der Waals surface area contributed by atoms with Crippen LogP contribution in [0.5, 0.6) is 0 Å². The van der Waals surface area contributed by atoms with Crippen molar-refractivity contribution in [2.24, 2.45) is 31.1 Å². The van der Waals surface area contributed by atoms with E-state index in [1.807, 2.05) is 0 Å². The molecule has 0 saturated heterocycles. The van der Waals surface area contributed by atoms with Gasteiger partial charge in [-0.3, -0.25) is 0 Å². The lowest BCUT2D eigenvalue weighted by Gasteiger charge is -2.01. The van der Waals surface area contributed by atoms with E-state index >= 15 is 0 Å². The lowest BCUT2D eigenvalue weighted by Crippen LogP contribution is -1.84. The molecular formula is C13H26N6. The average molecular weight is 266 g/mol. The van der Waals surface area contributed by atoms with Crippen molar-refractivity contribution in [3.8, 4) is 0 Å². The van der Waals surface area contributed by atoms with Gasteiger partial charge in [0.2, 0.25) is 0 Å². The molecule has 0 N–H and O–H groups in total. The monoisotopic (exact) mass is 266 g/mol. The van der Waals surface area contributed by atoms with Crippen LogP contribution in [0.25, 0.3) is 0 Å². The maximum atomic E-state index is 3.91. The molecule has 1 rings (SSSR count). The molecule has 0 aromatic carbocycles. The van der Waals surface area contributed by atoms with Gasteiger partial charge in [-0.25, -0.2) is 0 Å². The van der Waals surface area contributed by atoms with E-state index in [1.165, 1.54) is 57.8 Å². The van der Waals surface area contributed by atoms with Crippen LogP contribution in [0.3, 0.4) is 0 Å². The van der Waals surface area contributed by atoms with Crippen LogP contribution < -0.4 is 0 Å². The molecule has 1 heterocycles. The molecule has 1 aliphatic heterocycles. The van der Waals surface area contributed by atoms with E-state index in [0.717, 1.165) is 25.9 Å². The standard InChI is InChI=1S/C13H26N6/c1-2-4-6-8-10-12-14-16-18-19-17-15-13-11-9-7-5-3-1/h1-13H2. The van der Waals surface area contributed by atoms with Crippen molar-refractivity contribution in [2.75, 3.05) is 13.1 Å². The summed E-state index contributed by atoms with van der Waals surface area (Å²) in [7, 11) is 0. The minimum atomic E-state index is 0.732. The quantitative estimate of drug-likeness (QED) is 0.557. The van der Waals surface area contributed by atoms with E-state index in [-0.39, 0.29) is 0 Å². The van der Waals surface area contributed by atoms with Crippen LogP contribution in [-0.2, 0) is 0 Å². The summed E-state index contributed by atoms with van der Waals surface area (Å²) in [5.41, 5.74) is 0. The molecule has 0 amide bonds. The van der Waals surface area contributed by atoms with E-state index in [9.17, 15) is 0 Å². The largest absolute Gasteiger partial charge is 0.167 e. The van der Waals surface area contributed by atoms with Crippen LogP contribution in [0.2, 0.25) is 0 Å². The van der Waals surface area contributed by atoms with E-state index in [2.05, 4.69) is 31.1 Å². The van der Waals surface area contributed by atoms with Gasteiger partial charge in [-0.05, 0) is 33.7 Å². The zero-order chi connectivity index (χ0) is 13.4. The highest BCUT2D eigenvalue weighted by molar-refractivity contribution is 4.50. The van der Waals surface area contributed by atoms with Crippen LogP contribution in [0.15, 0.2) is 31.1 Å². The van der Waals surface area contributed by atoms with Gasteiger partial charge in [0.05, 0.1) is 13.1 Å². The predicted octanol–water partition coefficient (Wildman–Crippen LogP) is 5.48. The Labute approximate surface area is 115 Å². The Hall–Kier alpha value is -1.20. The fraction of sp³-hybridized carbons (Fsp3) is 1.00. The second-order valence-electron chi connectivity index (χ2n) is 4.98. The van der Waals surface area contributed by atoms with Crippen LogP contribution >= 0.6 is 0 Å². The maximum absolute atomic E-state index is 3.91. The molecule has 108 valence electrons. The molecule has 0 saturated carbocycles. The predicted molar refractivity (Wildman–Crippen MR) is 75.1 cm³/mol. The third-order valence-electron chi connectivity index (χ3n) is 3.26. The van der Waals surface area contributed by atoms with Crippen molar-refractivity contribution in [2.45, 2.75) is 70.6 Å². The van der Waals surface area contributed by atoms with E-state index in [0.29, 0.717) is 0 Å². The Balaban J connectivity index is 2.19. The first-order valence-electron chi connectivity index (χ1n) is 7.63. The molecule has 0 atom stereocenters. The van der Waals surface area contributed by atoms with E-state index in [1.54, 1.807) is 0 Å². The Kier molecular flexibility index (Phi) is 11.0. The van der Waals surface area contributed by atoms with Crippen molar-refractivity contribution >= 4 is 0 Å². The van der Waals surface area contributed by atoms with Gasteiger partial charge in [0, 0.05) is 0 Å². The highest BCUT2D eigenvalue weighted by atomic mass is 15.6. The van der Waals surface area contributed by atoms with Crippen molar-refractivity contribution < 1.29 is 0 Å². The summed E-state index contributed by atoms with van der Waals surface area (Å²) >= 11 is 0. The first kappa shape index (κ1) is 15.9. The van der Waals surface area contributed by atoms with E-state index in [4.69, 9.17) is 0 Å². The van der Waals surface area contributed by atoms with Crippen molar-refractivity contribution in [3.63, 3.8) is 0 Å². The van der Waals surface area contributed by atoms with E-state index < -0.39 is 0 Å². The van der Waals surface area contributed by atoms with Crippen LogP contribution in [0.4, 0.5) is 0 Å². The molecule has 1 aliphatic rings. The lowest BCUT2D eigenvalue weighted by atomic mass is 10.1. The van der Waals surface area contributed by atoms with Crippen LogP contribution in [0.1, 0.15) is 70.6 Å². The molecule has 0 fully saturated rings. The van der Waals surface area contributed by atoms with Crippen molar-refractivity contribution in [1.82, 2.24) is 0 Å². The fourth-order valence-electron chi connectivity index (χ4n) is 2.14. The molecular weight excluding hydrogens is 240 g/mol. The second kappa shape index (κ2) is 13.2. The third-order valence-corrected chi connectivity index (χ3v) is 3.26. The molecule has 0 spiro atoms. The minimum absolute atomic E-state index is 0.732. The summed E-state index contributed by atoms with van der Waals surface area (Å²) in [6.45, 7) is 1.46. The van der Waals surface area contributed by atoms with Gasteiger partial charge in [0.25, 0.3) is 0 Å². The van der Waals surface area contributed by atoms with Gasteiger partial charge < -0.3 is 0 Å². The molecule has 0 aromatic rings. The summed E-state index contributed by atoms with van der Waals surface area (Å²) in [5, 5.41) is 21.9. The molecule has 0 aliphatic carbocycles. The Morgan fingerprint density at radius 2 is 0.632 bits per heavy atom. The number of hydrogen-bond acceptors (Lipinski definition) is 6. The summed E-state index contributed by atoms with van der Waals surface area (Å²) in [6.07, 6.45) is 14.1. The zero-order valence-corrected chi connectivity index (χ0v) is 11.9. The molecule has 0 unspecified atom stereocenters. The Bertz CT molecular complexity index is 248. The highest BCUT2D eigenvalue weighted by Gasteiger charge is 1.93. The summed E-state index contributed by atoms with van der Waals surface area (Å²) in [5.74, 6) is 0. The maximum Gasteiger partial charge on any atom is 0.0621 e. The lowest BCUT2D eigenvalue weighted by molar-refractivity contribution is 0.546. The fourth-order valence-corrected chi connectivity index (χ4v) is 2.14. The minimum Gasteiger partial charge on any atom is -0.167 e. The van der Waals surface area contributed by atoms with Gasteiger partial charge in [-0.1, -0.05) is 57.8 Å². The zero-order valence-electron chi connectivity index (χ0n) is 11.9. The first-order valence-corrected chi connectivity index (χ1v) is 7.63. The Morgan fingerprint density at radius 1 is 0.316 bits per heavy atom. The number of nitrogens with zero attached hydrogens (tertiary/aromatic N) is 6. The summed E-state index contributed by atoms with van der Waals surface area (Å²) < 4.78 is 0. The highest BCUT2D eigenvalue weighted by Crippen LogP contribution is 2.11. The first-order chi connectivity index (χ1) is 9.50. The van der Waals surface area contributed by atoms with Crippen LogP contribution in [0, 0.1) is 0 Å². The van der Waals surface area contributed by atoms with Gasteiger partial charge in [0.1, 0.15) is 0 Å². The molecule has 0 radical (unpaired) electrons. The van der Waals surface area contributed by atoms with Gasteiger partial charge in [-0.2, -0.15) is 10.2 Å². The third kappa shape index (κ3) is 11.6. The smallest absolute Gasteiger partial charge is 0.0621 e. The van der Waals surface area contributed by atoms with Crippen molar-refractivity contribution in [3.05, 3.63) is 0 Å². The Morgan fingerprint density at radius 3 is 1.00 bits per heavy atom. The van der Waals surface area contributed by atoms with Gasteiger partial charge >= 0.3 is 0 Å². The SMILES string of the molecule is C1CCCCCCN=NN=NN=NCCCCCC1. The number of rotatable bonds is 0. The summed E-state index contributed by atoms with van der Waals surface area (Å²) in [6, 6.07) is 0. The molecule has 19 heavy (non-hydrogen) atoms. The topological polar surface area (TPSA) is 74.2 Å². The molecule has 0 aromatic heterocycles. The van der Waals surface area contributed by atoms with Crippen LogP contribution in [-0.4, -0.2) is 13.1 Å². The second-order valence-corrected chi connectivity index (χ2v) is 4.98. The molecule has 0 bridgehead atoms. The summed E-state index contributed by atoms with van der Waals surface area (Å²) in [4.78, 5) is 0. The molecule has 6 heteroatoms. The number of hydrogen-bond donors (Lipinski definition) is 0. The van der Waals surface area contributed by atoms with Gasteiger partial charge in [-0.15, -0.1) is 0 Å². The van der Waals surface area contributed by atoms with Crippen molar-refractivity contribution in [1.29, 1.82) is 0 Å². The molecule has 6 nitrogen and oxygen atoms in total. The normalized spacial score (nSPS) is 21.5. The van der Waals surface area contributed by atoms with Gasteiger partial charge in [0.15, 0.2) is 0 Å². The average Bonchev–Trinajstić information content (AvgIpc) is 2.43.